The molecule has 0 aromatic carbocycles. The lowest BCUT2D eigenvalue weighted by atomic mass is 9.85. The van der Waals surface area contributed by atoms with Gasteiger partial charge in [0.05, 0.1) is 0 Å². The molecular formula is C13H20F3N3O2. The first-order valence-corrected chi connectivity index (χ1v) is 7.11. The Balaban J connectivity index is 1.77. The Hall–Kier alpha value is -1.15. The molecule has 1 aliphatic rings. The number of nitrogens with zero attached hydrogens (tertiary/aromatic N) is 2. The predicted molar refractivity (Wildman–Crippen MR) is 68.5 cm³/mol. The number of halogens is 3. The number of aromatic nitrogens is 2. The predicted octanol–water partition coefficient (Wildman–Crippen LogP) is 2.33. The Kier molecular flexibility index (Phi) is 5.58. The molecule has 0 bridgehead atoms. The summed E-state index contributed by atoms with van der Waals surface area (Å²) in [4.78, 5) is 4.07. The number of alkyl halides is 3. The van der Waals surface area contributed by atoms with Crippen molar-refractivity contribution in [2.24, 2.45) is 11.8 Å². The third-order valence-corrected chi connectivity index (χ3v) is 3.64. The minimum absolute atomic E-state index is 0.156. The fourth-order valence-electron chi connectivity index (χ4n) is 2.50. The van der Waals surface area contributed by atoms with Crippen molar-refractivity contribution in [3.63, 3.8) is 0 Å². The molecule has 1 fully saturated rings. The highest BCUT2D eigenvalue weighted by Gasteiger charge is 2.28. The molecule has 8 heteroatoms. The maximum Gasteiger partial charge on any atom is 0.411 e. The Morgan fingerprint density at radius 2 is 2.29 bits per heavy atom. The average Bonchev–Trinajstić information content (AvgIpc) is 2.86. The maximum atomic E-state index is 11.9. The summed E-state index contributed by atoms with van der Waals surface area (Å²) in [6, 6.07) is 0. The molecule has 0 saturated carbocycles. The number of rotatable bonds is 6. The molecule has 0 spiro atoms. The summed E-state index contributed by atoms with van der Waals surface area (Å²) in [5.74, 6) is 1.57. The van der Waals surface area contributed by atoms with Gasteiger partial charge in [-0.3, -0.25) is 0 Å². The van der Waals surface area contributed by atoms with Crippen LogP contribution in [0.15, 0.2) is 4.52 Å². The maximum absolute atomic E-state index is 11.9. The molecule has 0 radical (unpaired) electrons. The van der Waals surface area contributed by atoms with Crippen molar-refractivity contribution >= 4 is 0 Å². The van der Waals surface area contributed by atoms with Crippen molar-refractivity contribution < 1.29 is 22.4 Å². The van der Waals surface area contributed by atoms with Gasteiger partial charge in [0.25, 0.3) is 0 Å². The zero-order valence-electron chi connectivity index (χ0n) is 11.9. The minimum Gasteiger partial charge on any atom is -0.364 e. The van der Waals surface area contributed by atoms with E-state index in [0.29, 0.717) is 24.1 Å². The van der Waals surface area contributed by atoms with E-state index in [1.807, 2.05) is 0 Å². The molecule has 0 aliphatic carbocycles. The largest absolute Gasteiger partial charge is 0.411 e. The second-order valence-corrected chi connectivity index (χ2v) is 5.50. The van der Waals surface area contributed by atoms with Crippen LogP contribution in [-0.2, 0) is 17.8 Å². The summed E-state index contributed by atoms with van der Waals surface area (Å²) < 4.78 is 45.4. The van der Waals surface area contributed by atoms with Crippen LogP contribution in [0, 0.1) is 11.8 Å². The first kappa shape index (κ1) is 16.2. The van der Waals surface area contributed by atoms with Crippen molar-refractivity contribution in [3.05, 3.63) is 11.7 Å². The fourth-order valence-corrected chi connectivity index (χ4v) is 2.50. The minimum atomic E-state index is -4.34. The van der Waals surface area contributed by atoms with Gasteiger partial charge in [-0.25, -0.2) is 0 Å². The summed E-state index contributed by atoms with van der Waals surface area (Å²) in [5.41, 5.74) is 0. The Bertz CT molecular complexity index is 431. The quantitative estimate of drug-likeness (QED) is 0.874. The SMILES string of the molecule is CC(Cc1nc(COCC(F)(F)F)no1)C1CCCNC1. The van der Waals surface area contributed by atoms with E-state index in [4.69, 9.17) is 4.52 Å². The molecule has 1 aliphatic heterocycles. The average molecular weight is 307 g/mol. The van der Waals surface area contributed by atoms with E-state index < -0.39 is 12.8 Å². The van der Waals surface area contributed by atoms with Gasteiger partial charge in [0.1, 0.15) is 13.2 Å². The first-order valence-electron chi connectivity index (χ1n) is 7.11. The van der Waals surface area contributed by atoms with E-state index in [1.165, 1.54) is 6.42 Å². The van der Waals surface area contributed by atoms with Gasteiger partial charge in [0, 0.05) is 6.42 Å². The molecule has 2 unspecified atom stereocenters. The molecule has 0 amide bonds. The zero-order chi connectivity index (χ0) is 15.3. The van der Waals surface area contributed by atoms with Gasteiger partial charge < -0.3 is 14.6 Å². The van der Waals surface area contributed by atoms with Crippen LogP contribution in [0.3, 0.4) is 0 Å². The molecule has 1 aromatic rings. The van der Waals surface area contributed by atoms with Crippen LogP contribution in [0.25, 0.3) is 0 Å². The lowest BCUT2D eigenvalue weighted by Gasteiger charge is -2.27. The van der Waals surface area contributed by atoms with E-state index in [2.05, 4.69) is 27.1 Å². The van der Waals surface area contributed by atoms with Crippen LogP contribution in [0.5, 0.6) is 0 Å². The molecule has 1 saturated heterocycles. The Labute approximate surface area is 121 Å². The Morgan fingerprint density at radius 3 is 2.95 bits per heavy atom. The summed E-state index contributed by atoms with van der Waals surface area (Å²) in [6.45, 7) is 2.58. The highest BCUT2D eigenvalue weighted by Crippen LogP contribution is 2.23. The third kappa shape index (κ3) is 5.62. The number of nitrogens with one attached hydrogen (secondary N) is 1. The van der Waals surface area contributed by atoms with E-state index in [9.17, 15) is 13.2 Å². The van der Waals surface area contributed by atoms with Gasteiger partial charge in [-0.05, 0) is 37.8 Å². The van der Waals surface area contributed by atoms with E-state index in [0.717, 1.165) is 19.5 Å². The standard InChI is InChI=1S/C13H20F3N3O2/c1-9(10-3-2-4-17-6-10)5-12-18-11(19-21-12)7-20-8-13(14,15)16/h9-10,17H,2-8H2,1H3. The number of piperidine rings is 1. The lowest BCUT2D eigenvalue weighted by molar-refractivity contribution is -0.177. The summed E-state index contributed by atoms with van der Waals surface area (Å²) in [7, 11) is 0. The van der Waals surface area contributed by atoms with E-state index in [1.54, 1.807) is 0 Å². The van der Waals surface area contributed by atoms with Crippen molar-refractivity contribution in [2.45, 2.75) is 39.0 Å². The molecule has 2 rings (SSSR count). The van der Waals surface area contributed by atoms with Gasteiger partial charge in [-0.2, -0.15) is 18.2 Å². The van der Waals surface area contributed by atoms with Crippen molar-refractivity contribution in [1.82, 2.24) is 15.5 Å². The molecule has 2 heterocycles. The molecule has 21 heavy (non-hydrogen) atoms. The van der Waals surface area contributed by atoms with Gasteiger partial charge in [0.2, 0.25) is 5.89 Å². The van der Waals surface area contributed by atoms with Crippen LogP contribution in [0.4, 0.5) is 13.2 Å². The fraction of sp³-hybridized carbons (Fsp3) is 0.846. The Morgan fingerprint density at radius 1 is 1.48 bits per heavy atom. The molecule has 5 nitrogen and oxygen atoms in total. The normalized spacial score (nSPS) is 21.4. The zero-order valence-corrected chi connectivity index (χ0v) is 11.9. The molecule has 1 N–H and O–H groups in total. The third-order valence-electron chi connectivity index (χ3n) is 3.64. The van der Waals surface area contributed by atoms with Gasteiger partial charge in [-0.1, -0.05) is 12.1 Å². The number of hydrogen-bond acceptors (Lipinski definition) is 5. The van der Waals surface area contributed by atoms with Crippen molar-refractivity contribution in [1.29, 1.82) is 0 Å². The van der Waals surface area contributed by atoms with E-state index in [-0.39, 0.29) is 12.4 Å². The second kappa shape index (κ2) is 7.22. The van der Waals surface area contributed by atoms with Crippen molar-refractivity contribution in [3.8, 4) is 0 Å². The number of ether oxygens (including phenoxy) is 1. The lowest BCUT2D eigenvalue weighted by Crippen LogP contribution is -2.33. The van der Waals surface area contributed by atoms with Crippen molar-refractivity contribution in [2.75, 3.05) is 19.7 Å². The summed E-state index contributed by atoms with van der Waals surface area (Å²) in [6.07, 6.45) is -1.37. The van der Waals surface area contributed by atoms with Gasteiger partial charge in [-0.15, -0.1) is 0 Å². The summed E-state index contributed by atoms with van der Waals surface area (Å²) >= 11 is 0. The monoisotopic (exact) mass is 307 g/mol. The van der Waals surface area contributed by atoms with Gasteiger partial charge in [0.15, 0.2) is 5.82 Å². The second-order valence-electron chi connectivity index (χ2n) is 5.50. The van der Waals surface area contributed by atoms with Crippen LogP contribution >= 0.6 is 0 Å². The first-order chi connectivity index (χ1) is 9.94. The van der Waals surface area contributed by atoms with Gasteiger partial charge >= 0.3 is 6.18 Å². The molecule has 1 aromatic heterocycles. The molecule has 2 atom stereocenters. The van der Waals surface area contributed by atoms with Crippen LogP contribution in [-0.4, -0.2) is 36.0 Å². The topological polar surface area (TPSA) is 60.2 Å². The molecular weight excluding hydrogens is 287 g/mol. The van der Waals surface area contributed by atoms with Crippen LogP contribution < -0.4 is 5.32 Å². The summed E-state index contributed by atoms with van der Waals surface area (Å²) in [5, 5.41) is 7.00. The number of hydrogen-bond donors (Lipinski definition) is 1. The highest BCUT2D eigenvalue weighted by atomic mass is 19.4. The van der Waals surface area contributed by atoms with E-state index >= 15 is 0 Å². The smallest absolute Gasteiger partial charge is 0.364 e. The van der Waals surface area contributed by atoms with Crippen LogP contribution in [0.2, 0.25) is 0 Å². The molecule has 120 valence electrons. The van der Waals surface area contributed by atoms with Crippen LogP contribution in [0.1, 0.15) is 31.5 Å². The highest BCUT2D eigenvalue weighted by molar-refractivity contribution is 4.88.